The summed E-state index contributed by atoms with van der Waals surface area (Å²) in [6.45, 7) is -0.869. The number of benzene rings is 1. The maximum Gasteiger partial charge on any atom is 0.214 e. The highest BCUT2D eigenvalue weighted by Gasteiger charge is 1.91. The minimum absolute atomic E-state index is 0.581. The Morgan fingerprint density at radius 2 is 2.36 bits per heavy atom. The fraction of sp³-hybridized carbons (Fsp3) is 0.143. The van der Waals surface area contributed by atoms with Crippen molar-refractivity contribution in [3.63, 3.8) is 0 Å². The van der Waals surface area contributed by atoms with E-state index in [0.717, 1.165) is 0 Å². The quantitative estimate of drug-likeness (QED) is 0.713. The van der Waals surface area contributed by atoms with Gasteiger partial charge >= 0.3 is 0 Å². The first-order chi connectivity index (χ1) is 5.33. The molecule has 0 spiro atoms. The van der Waals surface area contributed by atoms with Crippen molar-refractivity contribution in [2.24, 2.45) is 0 Å². The lowest BCUT2D eigenvalue weighted by Crippen LogP contribution is -1.98. The normalized spacial score (nSPS) is 9.64. The van der Waals surface area contributed by atoms with Crippen molar-refractivity contribution in [2.75, 3.05) is 12.3 Å². The largest absolute Gasteiger partial charge is 0.264 e. The van der Waals surface area contributed by atoms with Crippen LogP contribution in [0.4, 0.5) is 10.1 Å². The summed E-state index contributed by atoms with van der Waals surface area (Å²) in [6.07, 6.45) is 0. The number of anilines is 1. The Labute approximate surface area is 68.9 Å². The third kappa shape index (κ3) is 2.74. The van der Waals surface area contributed by atoms with E-state index in [1.54, 1.807) is 24.3 Å². The summed E-state index contributed by atoms with van der Waals surface area (Å²) >= 11 is 5.63. The van der Waals surface area contributed by atoms with Gasteiger partial charge in [0.15, 0.2) is 0 Å². The van der Waals surface area contributed by atoms with Gasteiger partial charge in [0.25, 0.3) is 0 Å². The molecular weight excluding hydrogens is 169 g/mol. The Morgan fingerprint density at radius 3 is 3.00 bits per heavy atom. The van der Waals surface area contributed by atoms with Crippen molar-refractivity contribution in [1.29, 1.82) is 0 Å². The van der Waals surface area contributed by atoms with E-state index in [-0.39, 0.29) is 0 Å². The maximum absolute atomic E-state index is 11.5. The van der Waals surface area contributed by atoms with Crippen molar-refractivity contribution in [3.8, 4) is 0 Å². The summed E-state index contributed by atoms with van der Waals surface area (Å²) in [5.41, 5.74) is 3.01. The Bertz CT molecular complexity index is 231. The molecule has 0 aromatic heterocycles. The number of rotatable bonds is 3. The Morgan fingerprint density at radius 1 is 1.55 bits per heavy atom. The fourth-order valence-corrected chi connectivity index (χ4v) is 0.853. The van der Waals surface area contributed by atoms with E-state index in [2.05, 4.69) is 10.3 Å². The Kier molecular flexibility index (Phi) is 3.14. The van der Waals surface area contributed by atoms with Gasteiger partial charge in [-0.05, 0) is 18.2 Å². The summed E-state index contributed by atoms with van der Waals surface area (Å²) < 4.78 is 11.5. The van der Waals surface area contributed by atoms with E-state index in [1.807, 2.05) is 0 Å². The highest BCUT2D eigenvalue weighted by Crippen LogP contribution is 2.14. The van der Waals surface area contributed by atoms with Gasteiger partial charge in [-0.15, -0.1) is 0 Å². The van der Waals surface area contributed by atoms with E-state index >= 15 is 0 Å². The second-order valence-electron chi connectivity index (χ2n) is 1.87. The Balaban J connectivity index is 2.56. The van der Waals surface area contributed by atoms with Gasteiger partial charge in [0.05, 0.1) is 5.69 Å². The van der Waals surface area contributed by atoms with Crippen molar-refractivity contribution in [1.82, 2.24) is 0 Å². The van der Waals surface area contributed by atoms with Gasteiger partial charge in [0, 0.05) is 5.02 Å². The molecule has 0 aliphatic rings. The van der Waals surface area contributed by atoms with Crippen LogP contribution < -0.4 is 5.48 Å². The van der Waals surface area contributed by atoms with Gasteiger partial charge in [-0.1, -0.05) is 17.7 Å². The van der Waals surface area contributed by atoms with Crippen molar-refractivity contribution in [3.05, 3.63) is 29.3 Å². The van der Waals surface area contributed by atoms with E-state index in [4.69, 9.17) is 11.6 Å². The SMILES string of the molecule is FCONc1cccc(Cl)c1. The van der Waals surface area contributed by atoms with Crippen molar-refractivity contribution >= 4 is 17.3 Å². The zero-order valence-corrected chi connectivity index (χ0v) is 6.44. The fourth-order valence-electron chi connectivity index (χ4n) is 0.663. The molecular formula is C7H7ClFNO. The first-order valence-electron chi connectivity index (χ1n) is 3.02. The van der Waals surface area contributed by atoms with Crippen LogP contribution in [0.3, 0.4) is 0 Å². The second kappa shape index (κ2) is 4.16. The minimum Gasteiger partial charge on any atom is -0.264 e. The zero-order valence-electron chi connectivity index (χ0n) is 5.68. The standard InChI is InChI=1S/C7H7ClFNO/c8-6-2-1-3-7(4-6)10-11-5-9/h1-4,10H,5H2. The number of alkyl halides is 1. The molecule has 1 N–H and O–H groups in total. The lowest BCUT2D eigenvalue weighted by atomic mass is 10.3. The molecule has 0 atom stereocenters. The van der Waals surface area contributed by atoms with Gasteiger partial charge in [-0.2, -0.15) is 0 Å². The van der Waals surface area contributed by atoms with Crippen LogP contribution in [0.15, 0.2) is 24.3 Å². The number of hydrogen-bond donors (Lipinski definition) is 1. The molecule has 2 nitrogen and oxygen atoms in total. The van der Waals surface area contributed by atoms with E-state index in [1.165, 1.54) is 0 Å². The summed E-state index contributed by atoms with van der Waals surface area (Å²) in [6, 6.07) is 6.83. The molecule has 0 heterocycles. The molecule has 0 saturated heterocycles. The van der Waals surface area contributed by atoms with Crippen LogP contribution in [0, 0.1) is 0 Å². The number of halogens is 2. The predicted molar refractivity (Wildman–Crippen MR) is 42.1 cm³/mol. The van der Waals surface area contributed by atoms with Crippen molar-refractivity contribution < 1.29 is 9.23 Å². The molecule has 0 amide bonds. The molecule has 4 heteroatoms. The molecule has 0 saturated carbocycles. The summed E-state index contributed by atoms with van der Waals surface area (Å²) in [5.74, 6) is 0. The topological polar surface area (TPSA) is 21.3 Å². The lowest BCUT2D eigenvalue weighted by molar-refractivity contribution is 0.101. The molecule has 11 heavy (non-hydrogen) atoms. The first kappa shape index (κ1) is 8.30. The number of hydrogen-bond acceptors (Lipinski definition) is 2. The third-order valence-electron chi connectivity index (χ3n) is 1.07. The molecule has 1 aromatic rings. The van der Waals surface area contributed by atoms with Crippen LogP contribution in [0.25, 0.3) is 0 Å². The maximum atomic E-state index is 11.5. The monoisotopic (exact) mass is 175 g/mol. The molecule has 0 radical (unpaired) electrons. The van der Waals surface area contributed by atoms with Crippen LogP contribution in [-0.4, -0.2) is 6.86 Å². The summed E-state index contributed by atoms with van der Waals surface area (Å²) in [4.78, 5) is 4.30. The molecule has 1 rings (SSSR count). The smallest absolute Gasteiger partial charge is 0.214 e. The molecule has 0 bridgehead atoms. The third-order valence-corrected chi connectivity index (χ3v) is 1.30. The first-order valence-corrected chi connectivity index (χ1v) is 3.40. The van der Waals surface area contributed by atoms with Gasteiger partial charge in [0.2, 0.25) is 6.86 Å². The predicted octanol–water partition coefficient (Wildman–Crippen LogP) is 2.61. The van der Waals surface area contributed by atoms with E-state index in [9.17, 15) is 4.39 Å². The molecule has 0 fully saturated rings. The van der Waals surface area contributed by atoms with Crippen LogP contribution >= 0.6 is 11.6 Å². The van der Waals surface area contributed by atoms with Gasteiger partial charge in [-0.25, -0.2) is 9.23 Å². The van der Waals surface area contributed by atoms with Crippen molar-refractivity contribution in [2.45, 2.75) is 0 Å². The Hall–Kier alpha value is -0.800. The van der Waals surface area contributed by atoms with Gasteiger partial charge in [-0.3, -0.25) is 5.48 Å². The second-order valence-corrected chi connectivity index (χ2v) is 2.30. The highest BCUT2D eigenvalue weighted by atomic mass is 35.5. The van der Waals surface area contributed by atoms with E-state index < -0.39 is 6.86 Å². The van der Waals surface area contributed by atoms with Crippen LogP contribution in [0.5, 0.6) is 0 Å². The summed E-state index contributed by atoms with van der Waals surface area (Å²) in [7, 11) is 0. The summed E-state index contributed by atoms with van der Waals surface area (Å²) in [5, 5.41) is 0.581. The average Bonchev–Trinajstić information content (AvgIpc) is 2.01. The van der Waals surface area contributed by atoms with Gasteiger partial charge in [0.1, 0.15) is 0 Å². The zero-order chi connectivity index (χ0) is 8.10. The number of nitrogens with one attached hydrogen (secondary N) is 1. The van der Waals surface area contributed by atoms with Gasteiger partial charge < -0.3 is 0 Å². The molecule has 1 aromatic carbocycles. The van der Waals surface area contributed by atoms with Crippen LogP contribution in [0.2, 0.25) is 5.02 Å². The molecule has 0 aliphatic heterocycles. The molecule has 60 valence electrons. The minimum atomic E-state index is -0.869. The molecule has 0 aliphatic carbocycles. The van der Waals surface area contributed by atoms with Crippen LogP contribution in [-0.2, 0) is 4.84 Å². The van der Waals surface area contributed by atoms with Crippen LogP contribution in [0.1, 0.15) is 0 Å². The lowest BCUT2D eigenvalue weighted by Gasteiger charge is -2.02. The molecule has 0 unspecified atom stereocenters. The average molecular weight is 176 g/mol. The highest BCUT2D eigenvalue weighted by molar-refractivity contribution is 6.30. The van der Waals surface area contributed by atoms with E-state index in [0.29, 0.717) is 10.7 Å².